The van der Waals surface area contributed by atoms with Gasteiger partial charge in [0.15, 0.2) is 17.3 Å². The number of halogens is 5. The minimum atomic E-state index is -1.78. The van der Waals surface area contributed by atoms with Crippen molar-refractivity contribution in [3.05, 3.63) is 59.7 Å². The molecule has 1 aliphatic rings. The highest BCUT2D eigenvalue weighted by molar-refractivity contribution is 5.98. The van der Waals surface area contributed by atoms with E-state index in [9.17, 15) is 27.5 Å². The molecular weight excluding hydrogens is 539 g/mol. The molecule has 4 aromatic rings. The van der Waals surface area contributed by atoms with Crippen molar-refractivity contribution in [2.45, 2.75) is 39.3 Å². The summed E-state index contributed by atoms with van der Waals surface area (Å²) in [6, 6.07) is 2.13. The second kappa shape index (κ2) is 9.61. The lowest BCUT2D eigenvalue weighted by molar-refractivity contribution is 0.0913. The van der Waals surface area contributed by atoms with Gasteiger partial charge < -0.3 is 20.5 Å². The number of carboxylic acid groups (broad SMARTS) is 1. The second-order valence-corrected chi connectivity index (χ2v) is 10.4. The SMILES string of the molecule is CC(C)(C)C1C(n2nc(-c3ccc(Oc4c(F)c(F)cc(F)c4F)cc3F)c3c(N)ncnc32)CCN1C(=O)O. The first-order chi connectivity index (χ1) is 18.8. The number of benzene rings is 2. The molecule has 0 spiro atoms. The Kier molecular flexibility index (Phi) is 6.51. The average Bonchev–Trinajstić information content (AvgIpc) is 3.49. The third-order valence-electron chi connectivity index (χ3n) is 6.82. The molecule has 1 saturated heterocycles. The molecule has 2 aromatic heterocycles. The van der Waals surface area contributed by atoms with E-state index < -0.39 is 64.2 Å². The van der Waals surface area contributed by atoms with Crippen molar-refractivity contribution in [2.24, 2.45) is 5.41 Å². The van der Waals surface area contributed by atoms with E-state index >= 15 is 4.39 Å². The molecule has 2 aromatic carbocycles. The van der Waals surface area contributed by atoms with E-state index in [0.717, 1.165) is 12.1 Å². The monoisotopic (exact) mass is 562 g/mol. The molecule has 3 N–H and O–H groups in total. The van der Waals surface area contributed by atoms with Crippen molar-refractivity contribution in [2.75, 3.05) is 12.3 Å². The molecule has 210 valence electrons. The van der Waals surface area contributed by atoms with E-state index in [4.69, 9.17) is 10.5 Å². The van der Waals surface area contributed by atoms with Crippen molar-refractivity contribution in [3.8, 4) is 22.8 Å². The number of aromatic nitrogens is 4. The van der Waals surface area contributed by atoms with E-state index in [2.05, 4.69) is 15.1 Å². The molecule has 1 aliphatic heterocycles. The lowest BCUT2D eigenvalue weighted by Crippen LogP contribution is -2.46. The lowest BCUT2D eigenvalue weighted by atomic mass is 9.83. The van der Waals surface area contributed by atoms with Crippen molar-refractivity contribution in [1.82, 2.24) is 24.6 Å². The van der Waals surface area contributed by atoms with E-state index in [1.165, 1.54) is 22.0 Å². The molecule has 0 saturated carbocycles. The number of nitrogens with two attached hydrogens (primary N) is 1. The molecule has 1 fully saturated rings. The molecule has 14 heteroatoms. The van der Waals surface area contributed by atoms with E-state index in [-0.39, 0.29) is 40.7 Å². The highest BCUT2D eigenvalue weighted by atomic mass is 19.2. The fourth-order valence-corrected chi connectivity index (χ4v) is 5.22. The fraction of sp³-hybridized carbons (Fsp3) is 0.308. The van der Waals surface area contributed by atoms with E-state index in [0.29, 0.717) is 6.42 Å². The first-order valence-corrected chi connectivity index (χ1v) is 12.1. The summed E-state index contributed by atoms with van der Waals surface area (Å²) in [5.74, 6) is -9.70. The molecule has 2 unspecified atom stereocenters. The molecule has 0 aliphatic carbocycles. The van der Waals surface area contributed by atoms with Gasteiger partial charge in [0.05, 0.1) is 17.5 Å². The summed E-state index contributed by atoms with van der Waals surface area (Å²) in [5, 5.41) is 14.6. The number of ether oxygens (including phenoxy) is 1. The van der Waals surface area contributed by atoms with Crippen molar-refractivity contribution in [3.63, 3.8) is 0 Å². The van der Waals surface area contributed by atoms with Crippen LogP contribution < -0.4 is 10.5 Å². The number of nitrogens with zero attached hydrogens (tertiary/aromatic N) is 5. The summed E-state index contributed by atoms with van der Waals surface area (Å²) in [4.78, 5) is 21.6. The van der Waals surface area contributed by atoms with Crippen molar-refractivity contribution in [1.29, 1.82) is 0 Å². The molecule has 40 heavy (non-hydrogen) atoms. The zero-order valence-corrected chi connectivity index (χ0v) is 21.4. The number of fused-ring (bicyclic) bond motifs is 1. The predicted octanol–water partition coefficient (Wildman–Crippen LogP) is 5.90. The first-order valence-electron chi connectivity index (χ1n) is 12.1. The Labute approximate surface area is 224 Å². The summed E-state index contributed by atoms with van der Waals surface area (Å²) in [7, 11) is 0. The summed E-state index contributed by atoms with van der Waals surface area (Å²) >= 11 is 0. The van der Waals surface area contributed by atoms with E-state index in [1.54, 1.807) is 0 Å². The predicted molar refractivity (Wildman–Crippen MR) is 133 cm³/mol. The zero-order valence-electron chi connectivity index (χ0n) is 21.4. The van der Waals surface area contributed by atoms with Crippen LogP contribution in [0.5, 0.6) is 11.5 Å². The first kappa shape index (κ1) is 27.1. The number of anilines is 1. The van der Waals surface area contributed by atoms with Gasteiger partial charge in [0.1, 0.15) is 29.4 Å². The van der Waals surface area contributed by atoms with Gasteiger partial charge in [-0.15, -0.1) is 0 Å². The van der Waals surface area contributed by atoms with Crippen LogP contribution in [0.2, 0.25) is 0 Å². The third kappa shape index (κ3) is 4.42. The van der Waals surface area contributed by atoms with Gasteiger partial charge in [0.2, 0.25) is 17.4 Å². The van der Waals surface area contributed by atoms with Gasteiger partial charge in [0, 0.05) is 24.2 Å². The maximum atomic E-state index is 15.4. The largest absolute Gasteiger partial charge is 0.465 e. The molecule has 2 atom stereocenters. The number of nitrogen functional groups attached to an aromatic ring is 1. The molecule has 0 radical (unpaired) electrons. The van der Waals surface area contributed by atoms with E-state index in [1.807, 2.05) is 20.8 Å². The maximum absolute atomic E-state index is 15.4. The van der Waals surface area contributed by atoms with Gasteiger partial charge in [-0.2, -0.15) is 13.9 Å². The quantitative estimate of drug-likeness (QED) is 0.235. The number of hydrogen-bond donors (Lipinski definition) is 2. The van der Waals surface area contributed by atoms with Crippen molar-refractivity contribution < 1.29 is 36.6 Å². The average molecular weight is 562 g/mol. The van der Waals surface area contributed by atoms with Crippen LogP contribution in [0.1, 0.15) is 33.2 Å². The number of likely N-dealkylation sites (tertiary alicyclic amines) is 1. The van der Waals surface area contributed by atoms with Gasteiger partial charge in [0.25, 0.3) is 0 Å². The number of hydrogen-bond acceptors (Lipinski definition) is 6. The van der Waals surface area contributed by atoms with Crippen LogP contribution in [0.25, 0.3) is 22.3 Å². The number of amides is 1. The molecular formula is C26H23F5N6O3. The van der Waals surface area contributed by atoms with Gasteiger partial charge in [-0.05, 0) is 24.0 Å². The van der Waals surface area contributed by atoms with Crippen LogP contribution in [0.15, 0.2) is 30.6 Å². The van der Waals surface area contributed by atoms with Crippen LogP contribution in [0.4, 0.5) is 32.6 Å². The van der Waals surface area contributed by atoms with Crippen LogP contribution in [-0.4, -0.2) is 48.4 Å². The fourth-order valence-electron chi connectivity index (χ4n) is 5.22. The summed E-state index contributed by atoms with van der Waals surface area (Å²) in [5.41, 5.74) is 5.82. The van der Waals surface area contributed by atoms with Crippen LogP contribution in [0, 0.1) is 34.5 Å². The normalized spacial score (nSPS) is 17.6. The Balaban J connectivity index is 1.60. The minimum absolute atomic E-state index is 0.00856. The van der Waals surface area contributed by atoms with Gasteiger partial charge in [-0.3, -0.25) is 0 Å². The standard InChI is InChI=1S/C26H23F5N6O3/c1-26(2,3)22-16(6-7-36(22)25(38)39)37-24-17(23(32)33-10-34-24)20(35-37)12-5-4-11(8-13(12)27)40-21-18(30)14(28)9-15(29)19(21)31/h4-5,8-10,16,22H,6-7H2,1-3H3,(H,38,39)(H2,32,33,34). The Morgan fingerprint density at radius 2 is 1.73 bits per heavy atom. The van der Waals surface area contributed by atoms with Crippen molar-refractivity contribution >= 4 is 22.9 Å². The van der Waals surface area contributed by atoms with Crippen LogP contribution in [0.3, 0.4) is 0 Å². The topological polar surface area (TPSA) is 119 Å². The van der Waals surface area contributed by atoms with Crippen LogP contribution in [-0.2, 0) is 0 Å². The molecule has 5 rings (SSSR count). The number of carbonyl (C=O) groups is 1. The molecule has 1 amide bonds. The van der Waals surface area contributed by atoms with Gasteiger partial charge >= 0.3 is 6.09 Å². The summed E-state index contributed by atoms with van der Waals surface area (Å²) in [6.07, 6.45) is 0.538. The zero-order chi connectivity index (χ0) is 29.1. The molecule has 0 bridgehead atoms. The lowest BCUT2D eigenvalue weighted by Gasteiger charge is -2.37. The van der Waals surface area contributed by atoms with Crippen LogP contribution >= 0.6 is 0 Å². The Morgan fingerprint density at radius 1 is 1.05 bits per heavy atom. The van der Waals surface area contributed by atoms with Gasteiger partial charge in [-0.25, -0.2) is 32.6 Å². The Morgan fingerprint density at radius 3 is 2.33 bits per heavy atom. The number of rotatable bonds is 4. The Hall–Kier alpha value is -4.49. The molecule has 3 heterocycles. The second-order valence-electron chi connectivity index (χ2n) is 10.4. The highest BCUT2D eigenvalue weighted by Crippen LogP contribution is 2.43. The highest BCUT2D eigenvalue weighted by Gasteiger charge is 2.46. The summed E-state index contributed by atoms with van der Waals surface area (Å²) < 4.78 is 77.2. The van der Waals surface area contributed by atoms with Gasteiger partial charge in [-0.1, -0.05) is 20.8 Å². The Bertz CT molecular complexity index is 1630. The summed E-state index contributed by atoms with van der Waals surface area (Å²) in [6.45, 7) is 5.94. The smallest absolute Gasteiger partial charge is 0.407 e. The maximum Gasteiger partial charge on any atom is 0.407 e. The third-order valence-corrected chi connectivity index (χ3v) is 6.82. The minimum Gasteiger partial charge on any atom is -0.465 e. The molecule has 9 nitrogen and oxygen atoms in total.